The molecule has 0 aromatic rings. The molecule has 0 aromatic carbocycles. The zero-order valence-electron chi connectivity index (χ0n) is 8.55. The van der Waals surface area contributed by atoms with Crippen molar-refractivity contribution < 1.29 is 0 Å². The number of nitrogens with one attached hydrogen (secondary N) is 1. The zero-order valence-corrected chi connectivity index (χ0v) is 8.55. The summed E-state index contributed by atoms with van der Waals surface area (Å²) in [6.07, 6.45) is 5.84. The Labute approximate surface area is 80.7 Å². The highest BCUT2D eigenvalue weighted by atomic mass is 15.2. The van der Waals surface area contributed by atoms with Crippen molar-refractivity contribution in [2.24, 2.45) is 11.3 Å². The maximum Gasteiger partial charge on any atom is 0.0177 e. The van der Waals surface area contributed by atoms with Gasteiger partial charge in [-0.25, -0.2) is 0 Å². The monoisotopic (exact) mass is 180 g/mol. The van der Waals surface area contributed by atoms with Gasteiger partial charge < -0.3 is 10.2 Å². The molecule has 1 saturated carbocycles. The lowest BCUT2D eigenvalue weighted by molar-refractivity contribution is -0.0195. The van der Waals surface area contributed by atoms with Crippen molar-refractivity contribution in [1.82, 2.24) is 10.2 Å². The number of likely N-dealkylation sites (tertiary alicyclic amines) is 1. The van der Waals surface area contributed by atoms with Crippen molar-refractivity contribution in [3.8, 4) is 0 Å². The van der Waals surface area contributed by atoms with Crippen LogP contribution in [0, 0.1) is 11.3 Å². The van der Waals surface area contributed by atoms with Crippen molar-refractivity contribution in [3.63, 3.8) is 0 Å². The van der Waals surface area contributed by atoms with Gasteiger partial charge in [-0.2, -0.15) is 0 Å². The molecule has 0 radical (unpaired) electrons. The average Bonchev–Trinajstić information content (AvgIpc) is 2.47. The summed E-state index contributed by atoms with van der Waals surface area (Å²) in [4.78, 5) is 2.56. The second-order valence-electron chi connectivity index (χ2n) is 5.39. The Kier molecular flexibility index (Phi) is 1.72. The van der Waals surface area contributed by atoms with Crippen LogP contribution in [0.3, 0.4) is 0 Å². The van der Waals surface area contributed by atoms with Crippen molar-refractivity contribution in [2.45, 2.75) is 31.7 Å². The van der Waals surface area contributed by atoms with Gasteiger partial charge in [-0.05, 0) is 44.2 Å². The van der Waals surface area contributed by atoms with Gasteiger partial charge >= 0.3 is 0 Å². The SMILES string of the molecule is CN1CC2CCNC2C2(CCC2)C1. The van der Waals surface area contributed by atoms with E-state index in [2.05, 4.69) is 17.3 Å². The summed E-state index contributed by atoms with van der Waals surface area (Å²) in [5.41, 5.74) is 0.689. The molecule has 2 heterocycles. The van der Waals surface area contributed by atoms with Crippen LogP contribution in [0.4, 0.5) is 0 Å². The van der Waals surface area contributed by atoms with Gasteiger partial charge in [0, 0.05) is 19.1 Å². The number of piperidine rings is 1. The van der Waals surface area contributed by atoms with E-state index in [0.29, 0.717) is 5.41 Å². The molecule has 0 amide bonds. The van der Waals surface area contributed by atoms with Crippen LogP contribution in [-0.2, 0) is 0 Å². The molecule has 2 atom stereocenters. The molecule has 1 N–H and O–H groups in total. The second kappa shape index (κ2) is 2.71. The molecular weight excluding hydrogens is 160 g/mol. The Hall–Kier alpha value is -0.0800. The van der Waals surface area contributed by atoms with E-state index in [1.54, 1.807) is 0 Å². The fourth-order valence-corrected chi connectivity index (χ4v) is 3.87. The first-order chi connectivity index (χ1) is 6.30. The van der Waals surface area contributed by atoms with E-state index in [9.17, 15) is 0 Å². The topological polar surface area (TPSA) is 15.3 Å². The molecule has 0 aromatic heterocycles. The molecule has 0 bridgehead atoms. The molecular formula is C11H20N2. The highest BCUT2D eigenvalue weighted by Gasteiger charge is 2.51. The Morgan fingerprint density at radius 1 is 1.38 bits per heavy atom. The molecule has 2 aliphatic heterocycles. The van der Waals surface area contributed by atoms with E-state index >= 15 is 0 Å². The van der Waals surface area contributed by atoms with Gasteiger partial charge in [0.15, 0.2) is 0 Å². The molecule has 13 heavy (non-hydrogen) atoms. The molecule has 74 valence electrons. The minimum absolute atomic E-state index is 0.689. The average molecular weight is 180 g/mol. The molecule has 3 fully saturated rings. The summed E-state index contributed by atoms with van der Waals surface area (Å²) in [6.45, 7) is 3.95. The molecule has 3 rings (SSSR count). The van der Waals surface area contributed by atoms with Crippen molar-refractivity contribution in [1.29, 1.82) is 0 Å². The fraction of sp³-hybridized carbons (Fsp3) is 1.00. The highest BCUT2D eigenvalue weighted by Crippen LogP contribution is 2.50. The maximum atomic E-state index is 3.75. The lowest BCUT2D eigenvalue weighted by Gasteiger charge is -2.54. The predicted octanol–water partition coefficient (Wildman–Crippen LogP) is 1.08. The molecule has 2 heteroatoms. The van der Waals surface area contributed by atoms with E-state index in [1.165, 1.54) is 45.3 Å². The third-order valence-electron chi connectivity index (χ3n) is 4.49. The van der Waals surface area contributed by atoms with Gasteiger partial charge in [-0.3, -0.25) is 0 Å². The number of rotatable bonds is 0. The number of hydrogen-bond acceptors (Lipinski definition) is 2. The molecule has 3 aliphatic rings. The first-order valence-electron chi connectivity index (χ1n) is 5.72. The summed E-state index contributed by atoms with van der Waals surface area (Å²) >= 11 is 0. The van der Waals surface area contributed by atoms with Gasteiger partial charge in [0.1, 0.15) is 0 Å². The Morgan fingerprint density at radius 3 is 2.92 bits per heavy atom. The van der Waals surface area contributed by atoms with Crippen LogP contribution in [-0.4, -0.2) is 37.6 Å². The number of fused-ring (bicyclic) bond motifs is 2. The van der Waals surface area contributed by atoms with Gasteiger partial charge in [0.05, 0.1) is 0 Å². The molecule has 2 nitrogen and oxygen atoms in total. The van der Waals surface area contributed by atoms with E-state index in [4.69, 9.17) is 0 Å². The van der Waals surface area contributed by atoms with Gasteiger partial charge in [-0.1, -0.05) is 6.42 Å². The minimum atomic E-state index is 0.689. The third kappa shape index (κ3) is 1.08. The van der Waals surface area contributed by atoms with Crippen LogP contribution in [0.1, 0.15) is 25.7 Å². The maximum absolute atomic E-state index is 3.75. The predicted molar refractivity (Wildman–Crippen MR) is 53.7 cm³/mol. The summed E-state index contributed by atoms with van der Waals surface area (Å²) in [5, 5.41) is 3.75. The van der Waals surface area contributed by atoms with E-state index < -0.39 is 0 Å². The largest absolute Gasteiger partial charge is 0.313 e. The Bertz CT molecular complexity index is 210. The summed E-state index contributed by atoms with van der Waals surface area (Å²) in [6, 6.07) is 0.873. The van der Waals surface area contributed by atoms with Crippen LogP contribution in [0.5, 0.6) is 0 Å². The summed E-state index contributed by atoms with van der Waals surface area (Å²) in [5.74, 6) is 0.957. The van der Waals surface area contributed by atoms with Crippen LogP contribution >= 0.6 is 0 Å². The standard InChI is InChI=1S/C11H20N2/c1-13-7-9-3-6-12-10(9)11(8-13)4-2-5-11/h9-10,12H,2-8H2,1H3. The Morgan fingerprint density at radius 2 is 2.23 bits per heavy atom. The Balaban J connectivity index is 1.84. The zero-order chi connectivity index (χ0) is 8.89. The highest BCUT2D eigenvalue weighted by molar-refractivity contribution is 5.07. The summed E-state index contributed by atoms with van der Waals surface area (Å²) < 4.78 is 0. The molecule has 2 saturated heterocycles. The lowest BCUT2D eigenvalue weighted by atomic mass is 9.59. The van der Waals surface area contributed by atoms with E-state index in [1.807, 2.05) is 0 Å². The van der Waals surface area contributed by atoms with E-state index in [0.717, 1.165) is 12.0 Å². The van der Waals surface area contributed by atoms with Gasteiger partial charge in [0.2, 0.25) is 0 Å². The summed E-state index contributed by atoms with van der Waals surface area (Å²) in [7, 11) is 2.30. The first kappa shape index (κ1) is 8.25. The smallest absolute Gasteiger partial charge is 0.0177 e. The number of hydrogen-bond donors (Lipinski definition) is 1. The molecule has 2 unspecified atom stereocenters. The third-order valence-corrected chi connectivity index (χ3v) is 4.49. The van der Waals surface area contributed by atoms with Crippen molar-refractivity contribution in [3.05, 3.63) is 0 Å². The van der Waals surface area contributed by atoms with E-state index in [-0.39, 0.29) is 0 Å². The minimum Gasteiger partial charge on any atom is -0.313 e. The van der Waals surface area contributed by atoms with Crippen LogP contribution in [0.15, 0.2) is 0 Å². The lowest BCUT2D eigenvalue weighted by Crippen LogP contribution is -2.60. The quantitative estimate of drug-likeness (QED) is 0.600. The van der Waals surface area contributed by atoms with Crippen molar-refractivity contribution >= 4 is 0 Å². The van der Waals surface area contributed by atoms with Crippen LogP contribution in [0.25, 0.3) is 0 Å². The first-order valence-corrected chi connectivity index (χ1v) is 5.72. The molecule has 1 spiro atoms. The number of nitrogens with zero attached hydrogens (tertiary/aromatic N) is 1. The fourth-order valence-electron chi connectivity index (χ4n) is 3.87. The normalized spacial score (nSPS) is 43.2. The second-order valence-corrected chi connectivity index (χ2v) is 5.39. The molecule has 1 aliphatic carbocycles. The van der Waals surface area contributed by atoms with Gasteiger partial charge in [0.25, 0.3) is 0 Å². The van der Waals surface area contributed by atoms with Crippen LogP contribution in [0.2, 0.25) is 0 Å². The van der Waals surface area contributed by atoms with Crippen molar-refractivity contribution in [2.75, 3.05) is 26.7 Å². The van der Waals surface area contributed by atoms with Crippen LogP contribution < -0.4 is 5.32 Å². The van der Waals surface area contributed by atoms with Gasteiger partial charge in [-0.15, -0.1) is 0 Å².